The van der Waals surface area contributed by atoms with Crippen molar-refractivity contribution < 1.29 is 19.7 Å². The third kappa shape index (κ3) is 3.34. The molecule has 4 heteroatoms. The first-order chi connectivity index (χ1) is 8.49. The average molecular weight is 250 g/mol. The molecule has 0 saturated carbocycles. The van der Waals surface area contributed by atoms with Crippen molar-refractivity contribution in [2.75, 3.05) is 13.7 Å². The van der Waals surface area contributed by atoms with Crippen molar-refractivity contribution in [1.29, 1.82) is 0 Å². The zero-order valence-corrected chi connectivity index (χ0v) is 10.8. The minimum absolute atomic E-state index is 0.328. The van der Waals surface area contributed by atoms with Gasteiger partial charge in [-0.3, -0.25) is 0 Å². The molecule has 0 aliphatic heterocycles. The highest BCUT2D eigenvalue weighted by Crippen LogP contribution is 2.29. The van der Waals surface area contributed by atoms with Crippen molar-refractivity contribution >= 4 is 11.5 Å². The lowest BCUT2D eigenvalue weighted by atomic mass is 9.97. The third-order valence-corrected chi connectivity index (χ3v) is 2.71. The molecule has 0 saturated heterocycles. The van der Waals surface area contributed by atoms with Crippen LogP contribution in [0.15, 0.2) is 24.3 Å². The third-order valence-electron chi connectivity index (χ3n) is 2.71. The number of aliphatic carboxylic acids is 1. The number of carbonyl (C=O) groups is 1. The van der Waals surface area contributed by atoms with Gasteiger partial charge in [-0.2, -0.15) is 0 Å². The van der Waals surface area contributed by atoms with Crippen LogP contribution in [0.4, 0.5) is 0 Å². The normalized spacial score (nSPS) is 11.7. The van der Waals surface area contributed by atoms with Gasteiger partial charge in [0.15, 0.2) is 0 Å². The number of hydrogen-bond acceptors (Lipinski definition) is 3. The maximum atomic E-state index is 10.7. The maximum absolute atomic E-state index is 10.7. The molecule has 0 amide bonds. The van der Waals surface area contributed by atoms with E-state index < -0.39 is 5.97 Å². The molecule has 4 nitrogen and oxygen atoms in total. The summed E-state index contributed by atoms with van der Waals surface area (Å²) in [6.45, 7) is 3.78. The van der Waals surface area contributed by atoms with Crippen LogP contribution >= 0.6 is 0 Å². The number of hydrogen-bond donors (Lipinski definition) is 2. The molecule has 0 bridgehead atoms. The summed E-state index contributed by atoms with van der Waals surface area (Å²) < 4.78 is 5.26. The minimum atomic E-state index is -1.09. The molecule has 0 spiro atoms. The molecule has 0 aliphatic carbocycles. The zero-order chi connectivity index (χ0) is 13.7. The fourth-order valence-electron chi connectivity index (χ4n) is 1.69. The number of aliphatic hydroxyl groups is 1. The lowest BCUT2D eigenvalue weighted by Crippen LogP contribution is -2.00. The van der Waals surface area contributed by atoms with Crippen molar-refractivity contribution in [3.05, 3.63) is 35.4 Å². The van der Waals surface area contributed by atoms with E-state index in [1.54, 1.807) is 6.07 Å². The van der Waals surface area contributed by atoms with E-state index >= 15 is 0 Å². The number of benzene rings is 1. The van der Waals surface area contributed by atoms with Crippen molar-refractivity contribution in [2.24, 2.45) is 0 Å². The molecule has 0 atom stereocenters. The Bertz CT molecular complexity index is 461. The summed E-state index contributed by atoms with van der Waals surface area (Å²) >= 11 is 0. The van der Waals surface area contributed by atoms with E-state index in [-0.39, 0.29) is 6.61 Å². The second-order valence-corrected chi connectivity index (χ2v) is 4.28. The van der Waals surface area contributed by atoms with Gasteiger partial charge in [-0.05, 0) is 23.1 Å². The number of carboxylic acids is 1. The van der Waals surface area contributed by atoms with Crippen LogP contribution in [0.25, 0.3) is 5.57 Å². The van der Waals surface area contributed by atoms with Gasteiger partial charge < -0.3 is 14.9 Å². The van der Waals surface area contributed by atoms with Gasteiger partial charge >= 0.3 is 5.97 Å². The lowest BCUT2D eigenvalue weighted by Gasteiger charge is -2.13. The lowest BCUT2D eigenvalue weighted by molar-refractivity contribution is -0.131. The monoisotopic (exact) mass is 250 g/mol. The van der Waals surface area contributed by atoms with Crippen LogP contribution in [0.5, 0.6) is 5.75 Å². The summed E-state index contributed by atoms with van der Waals surface area (Å²) in [6, 6.07) is 5.55. The van der Waals surface area contributed by atoms with Gasteiger partial charge in [-0.25, -0.2) is 4.79 Å². The molecule has 98 valence electrons. The Morgan fingerprint density at radius 3 is 2.56 bits per heavy atom. The molecule has 18 heavy (non-hydrogen) atoms. The number of carboxylic acid groups (broad SMARTS) is 1. The van der Waals surface area contributed by atoms with Gasteiger partial charge in [0.1, 0.15) is 5.75 Å². The summed E-state index contributed by atoms with van der Waals surface area (Å²) in [6.07, 6.45) is 0.993. The zero-order valence-electron chi connectivity index (χ0n) is 10.8. The quantitative estimate of drug-likeness (QED) is 0.787. The van der Waals surface area contributed by atoms with Gasteiger partial charge in [0.25, 0.3) is 0 Å². The van der Waals surface area contributed by atoms with Crippen LogP contribution in [0, 0.1) is 0 Å². The first-order valence-corrected chi connectivity index (χ1v) is 5.72. The minimum Gasteiger partial charge on any atom is -0.496 e. The molecule has 1 aromatic rings. The van der Waals surface area contributed by atoms with E-state index in [4.69, 9.17) is 9.84 Å². The van der Waals surface area contributed by atoms with E-state index in [0.29, 0.717) is 22.8 Å². The van der Waals surface area contributed by atoms with Crippen LogP contribution < -0.4 is 4.74 Å². The molecular formula is C14H18O4. The van der Waals surface area contributed by atoms with Gasteiger partial charge in [0.2, 0.25) is 0 Å². The Kier molecular flexibility index (Phi) is 4.92. The van der Waals surface area contributed by atoms with Crippen LogP contribution in [0.2, 0.25) is 0 Å². The summed E-state index contributed by atoms with van der Waals surface area (Å²) in [5.74, 6) is -0.161. The molecule has 1 rings (SSSR count). The first kappa shape index (κ1) is 14.3. The number of aliphatic hydroxyl groups excluding tert-OH is 1. The summed E-state index contributed by atoms with van der Waals surface area (Å²) in [5.41, 5.74) is 2.03. The Morgan fingerprint density at radius 1 is 1.44 bits per heavy atom. The first-order valence-electron chi connectivity index (χ1n) is 5.72. The van der Waals surface area contributed by atoms with Crippen LogP contribution in [0.3, 0.4) is 0 Å². The fraction of sp³-hybridized carbons (Fsp3) is 0.357. The number of rotatable bonds is 5. The Balaban J connectivity index is 3.27. The predicted octanol–water partition coefficient (Wildman–Crippen LogP) is 2.28. The van der Waals surface area contributed by atoms with Gasteiger partial charge in [0.05, 0.1) is 13.7 Å². The SMILES string of the molecule is COc1cc(C(C)C)ccc1/C(=C/C(=O)O)CO. The molecule has 0 aliphatic rings. The smallest absolute Gasteiger partial charge is 0.328 e. The summed E-state index contributed by atoms with van der Waals surface area (Å²) in [5, 5.41) is 18.0. The molecule has 1 aromatic carbocycles. The van der Waals surface area contributed by atoms with E-state index in [1.807, 2.05) is 12.1 Å². The number of methoxy groups -OCH3 is 1. The average Bonchev–Trinajstić information content (AvgIpc) is 2.34. The van der Waals surface area contributed by atoms with Crippen LogP contribution in [-0.2, 0) is 4.79 Å². The molecular weight excluding hydrogens is 232 g/mol. The van der Waals surface area contributed by atoms with Gasteiger partial charge in [-0.1, -0.05) is 26.0 Å². The Morgan fingerprint density at radius 2 is 2.11 bits per heavy atom. The number of ether oxygens (including phenoxy) is 1. The maximum Gasteiger partial charge on any atom is 0.328 e. The molecule has 0 heterocycles. The molecule has 0 radical (unpaired) electrons. The summed E-state index contributed by atoms with van der Waals surface area (Å²) in [4.78, 5) is 10.7. The summed E-state index contributed by atoms with van der Waals surface area (Å²) in [7, 11) is 1.53. The van der Waals surface area contributed by atoms with E-state index in [1.165, 1.54) is 7.11 Å². The molecule has 0 fully saturated rings. The van der Waals surface area contributed by atoms with Crippen molar-refractivity contribution in [2.45, 2.75) is 19.8 Å². The second-order valence-electron chi connectivity index (χ2n) is 4.28. The van der Waals surface area contributed by atoms with E-state index in [2.05, 4.69) is 13.8 Å². The van der Waals surface area contributed by atoms with Crippen molar-refractivity contribution in [3.63, 3.8) is 0 Å². The Labute approximate surface area is 107 Å². The molecule has 0 aromatic heterocycles. The van der Waals surface area contributed by atoms with Crippen molar-refractivity contribution in [1.82, 2.24) is 0 Å². The largest absolute Gasteiger partial charge is 0.496 e. The van der Waals surface area contributed by atoms with Crippen LogP contribution in [-0.4, -0.2) is 29.9 Å². The highest BCUT2D eigenvalue weighted by molar-refractivity contribution is 5.91. The molecule has 0 unspecified atom stereocenters. The van der Waals surface area contributed by atoms with Crippen molar-refractivity contribution in [3.8, 4) is 5.75 Å². The predicted molar refractivity (Wildman–Crippen MR) is 69.8 cm³/mol. The highest BCUT2D eigenvalue weighted by atomic mass is 16.5. The highest BCUT2D eigenvalue weighted by Gasteiger charge is 2.11. The van der Waals surface area contributed by atoms with E-state index in [0.717, 1.165) is 11.6 Å². The van der Waals surface area contributed by atoms with E-state index in [9.17, 15) is 9.90 Å². The van der Waals surface area contributed by atoms with Crippen LogP contribution in [0.1, 0.15) is 30.9 Å². The second kappa shape index (κ2) is 6.21. The van der Waals surface area contributed by atoms with Gasteiger partial charge in [0, 0.05) is 11.6 Å². The Hall–Kier alpha value is -1.81. The molecule has 2 N–H and O–H groups in total. The fourth-order valence-corrected chi connectivity index (χ4v) is 1.69. The topological polar surface area (TPSA) is 66.8 Å². The standard InChI is InChI=1S/C14H18O4/c1-9(2)10-4-5-12(13(6-10)18-3)11(8-15)7-14(16)17/h4-7,9,15H,8H2,1-3H3,(H,16,17)/b11-7+. The van der Waals surface area contributed by atoms with Gasteiger partial charge in [-0.15, -0.1) is 0 Å².